The molecular formula is C11H17N3O4. The Morgan fingerprint density at radius 3 is 2.50 bits per heavy atom. The number of hydrogen-bond donors (Lipinski definition) is 2. The number of carbonyl (C=O) groups excluding carboxylic acids is 1. The van der Waals surface area contributed by atoms with Crippen molar-refractivity contribution < 1.29 is 14.8 Å². The second-order valence-electron chi connectivity index (χ2n) is 4.74. The van der Waals surface area contributed by atoms with E-state index in [1.165, 1.54) is 23.7 Å². The van der Waals surface area contributed by atoms with Crippen LogP contribution in [0.3, 0.4) is 0 Å². The zero-order chi connectivity index (χ0) is 14.1. The molecule has 0 bridgehead atoms. The zero-order valence-corrected chi connectivity index (χ0v) is 10.8. The topological polar surface area (TPSA) is 97.4 Å². The van der Waals surface area contributed by atoms with Gasteiger partial charge in [-0.2, -0.15) is 0 Å². The quantitative estimate of drug-likeness (QED) is 0.614. The molecule has 1 aromatic heterocycles. The minimum atomic E-state index is -0.809. The van der Waals surface area contributed by atoms with Crippen molar-refractivity contribution in [2.24, 2.45) is 7.05 Å². The van der Waals surface area contributed by atoms with Crippen LogP contribution in [0.1, 0.15) is 31.3 Å². The Hall–Kier alpha value is -1.89. The van der Waals surface area contributed by atoms with Gasteiger partial charge in [-0.25, -0.2) is 4.57 Å². The first-order valence-corrected chi connectivity index (χ1v) is 5.47. The predicted octanol–water partition coefficient (Wildman–Crippen LogP) is 0.822. The van der Waals surface area contributed by atoms with Crippen LogP contribution in [-0.2, 0) is 7.05 Å². The van der Waals surface area contributed by atoms with E-state index >= 15 is 0 Å². The van der Waals surface area contributed by atoms with Gasteiger partial charge in [-0.15, -0.1) is 0 Å². The number of rotatable bonds is 4. The number of hydrogen-bond acceptors (Lipinski definition) is 4. The van der Waals surface area contributed by atoms with Gasteiger partial charge in [-0.1, -0.05) is 0 Å². The highest BCUT2D eigenvalue weighted by Crippen LogP contribution is 2.16. The molecule has 0 saturated carbocycles. The Balaban J connectivity index is 2.96. The lowest BCUT2D eigenvalue weighted by molar-refractivity contribution is -0.391. The van der Waals surface area contributed by atoms with Crippen LogP contribution in [0.2, 0.25) is 0 Å². The van der Waals surface area contributed by atoms with Crippen molar-refractivity contribution >= 4 is 11.7 Å². The SMILES string of the molecule is CC(O)C(C)(C)NC(=O)c1ccc([N+](=O)[O-])n1C. The normalized spacial score (nSPS) is 13.2. The van der Waals surface area contributed by atoms with Crippen molar-refractivity contribution in [3.63, 3.8) is 0 Å². The second kappa shape index (κ2) is 4.77. The molecule has 0 fully saturated rings. The summed E-state index contributed by atoms with van der Waals surface area (Å²) in [6.45, 7) is 4.91. The van der Waals surface area contributed by atoms with Crippen molar-refractivity contribution in [1.82, 2.24) is 9.88 Å². The van der Waals surface area contributed by atoms with E-state index < -0.39 is 22.5 Å². The van der Waals surface area contributed by atoms with Crippen LogP contribution in [0.4, 0.5) is 5.82 Å². The molecule has 2 N–H and O–H groups in total. The minimum absolute atomic E-state index is 0.157. The lowest BCUT2D eigenvalue weighted by atomic mass is 9.98. The first kappa shape index (κ1) is 14.2. The summed E-state index contributed by atoms with van der Waals surface area (Å²) in [4.78, 5) is 22.1. The molecule has 1 unspecified atom stereocenters. The van der Waals surface area contributed by atoms with E-state index in [2.05, 4.69) is 5.32 Å². The van der Waals surface area contributed by atoms with E-state index in [0.29, 0.717) is 0 Å². The van der Waals surface area contributed by atoms with E-state index in [0.717, 1.165) is 0 Å². The Morgan fingerprint density at radius 1 is 1.56 bits per heavy atom. The van der Waals surface area contributed by atoms with Crippen LogP contribution in [-0.4, -0.2) is 32.1 Å². The highest BCUT2D eigenvalue weighted by atomic mass is 16.6. The number of aliphatic hydroxyl groups is 1. The summed E-state index contributed by atoms with van der Waals surface area (Å²) in [7, 11) is 1.45. The van der Waals surface area contributed by atoms with Crippen LogP contribution in [0.15, 0.2) is 12.1 Å². The molecular weight excluding hydrogens is 238 g/mol. The molecule has 7 nitrogen and oxygen atoms in total. The maximum atomic E-state index is 12.0. The lowest BCUT2D eigenvalue weighted by Crippen LogP contribution is -2.51. The molecule has 0 aliphatic heterocycles. The third-order valence-corrected chi connectivity index (χ3v) is 3.00. The Morgan fingerprint density at radius 2 is 2.11 bits per heavy atom. The van der Waals surface area contributed by atoms with Crippen LogP contribution in [0, 0.1) is 10.1 Å². The number of nitro groups is 1. The molecule has 1 amide bonds. The van der Waals surface area contributed by atoms with Gasteiger partial charge in [0.25, 0.3) is 5.91 Å². The summed E-state index contributed by atoms with van der Waals surface area (Å²) < 4.78 is 1.20. The molecule has 18 heavy (non-hydrogen) atoms. The molecule has 1 atom stereocenters. The van der Waals surface area contributed by atoms with Gasteiger partial charge >= 0.3 is 5.82 Å². The van der Waals surface area contributed by atoms with E-state index in [1.54, 1.807) is 20.8 Å². The molecule has 1 rings (SSSR count). The molecule has 0 aliphatic carbocycles. The molecule has 1 aromatic rings. The molecule has 0 aliphatic rings. The lowest BCUT2D eigenvalue weighted by Gasteiger charge is -2.28. The smallest absolute Gasteiger partial charge is 0.323 e. The summed E-state index contributed by atoms with van der Waals surface area (Å²) in [5.41, 5.74) is -0.633. The third-order valence-electron chi connectivity index (χ3n) is 3.00. The Kier molecular flexibility index (Phi) is 3.76. The molecule has 100 valence electrons. The van der Waals surface area contributed by atoms with E-state index in [-0.39, 0.29) is 11.5 Å². The number of aliphatic hydroxyl groups excluding tert-OH is 1. The standard InChI is InChI=1S/C11H17N3O4/c1-7(15)11(2,3)12-10(16)8-5-6-9(13(8)4)14(17)18/h5-7,15H,1-4H3,(H,12,16). The first-order chi connectivity index (χ1) is 8.16. The highest BCUT2D eigenvalue weighted by molar-refractivity contribution is 5.93. The molecule has 1 heterocycles. The number of amides is 1. The van der Waals surface area contributed by atoms with E-state index in [1.807, 2.05) is 0 Å². The van der Waals surface area contributed by atoms with Gasteiger partial charge in [-0.05, 0) is 31.8 Å². The second-order valence-corrected chi connectivity index (χ2v) is 4.74. The van der Waals surface area contributed by atoms with Gasteiger partial charge in [0.1, 0.15) is 0 Å². The summed E-state index contributed by atoms with van der Waals surface area (Å²) in [5.74, 6) is -0.619. The van der Waals surface area contributed by atoms with Gasteiger partial charge in [0.15, 0.2) is 5.69 Å². The largest absolute Gasteiger partial charge is 0.391 e. The number of aromatic nitrogens is 1. The highest BCUT2D eigenvalue weighted by Gasteiger charge is 2.29. The summed E-state index contributed by atoms with van der Waals surface area (Å²) in [5, 5.41) is 22.8. The summed E-state index contributed by atoms with van der Waals surface area (Å²) >= 11 is 0. The fourth-order valence-corrected chi connectivity index (χ4v) is 1.37. The molecule has 0 saturated heterocycles. The van der Waals surface area contributed by atoms with Crippen LogP contribution in [0.5, 0.6) is 0 Å². The summed E-state index contributed by atoms with van der Waals surface area (Å²) in [6.07, 6.45) is -0.739. The van der Waals surface area contributed by atoms with Crippen molar-refractivity contribution in [1.29, 1.82) is 0 Å². The molecule has 0 aromatic carbocycles. The summed E-state index contributed by atoms with van der Waals surface area (Å²) in [6, 6.07) is 2.65. The number of nitrogens with one attached hydrogen (secondary N) is 1. The van der Waals surface area contributed by atoms with Crippen LogP contribution >= 0.6 is 0 Å². The fourth-order valence-electron chi connectivity index (χ4n) is 1.37. The van der Waals surface area contributed by atoms with Gasteiger partial charge in [0, 0.05) is 6.07 Å². The van der Waals surface area contributed by atoms with Gasteiger partial charge < -0.3 is 20.5 Å². The van der Waals surface area contributed by atoms with Crippen molar-refractivity contribution in [2.75, 3.05) is 0 Å². The maximum Gasteiger partial charge on any atom is 0.323 e. The Labute approximate surface area is 105 Å². The molecule has 0 spiro atoms. The monoisotopic (exact) mass is 255 g/mol. The number of nitrogens with zero attached hydrogens (tertiary/aromatic N) is 2. The fraction of sp³-hybridized carbons (Fsp3) is 0.545. The maximum absolute atomic E-state index is 12.0. The van der Waals surface area contributed by atoms with Crippen molar-refractivity contribution in [2.45, 2.75) is 32.4 Å². The minimum Gasteiger partial charge on any atom is -0.391 e. The van der Waals surface area contributed by atoms with Crippen LogP contribution in [0.25, 0.3) is 0 Å². The number of carbonyl (C=O) groups is 1. The first-order valence-electron chi connectivity index (χ1n) is 5.47. The third kappa shape index (κ3) is 2.67. The zero-order valence-electron chi connectivity index (χ0n) is 10.8. The van der Waals surface area contributed by atoms with Gasteiger partial charge in [-0.3, -0.25) is 4.79 Å². The Bertz CT molecular complexity index is 477. The van der Waals surface area contributed by atoms with E-state index in [9.17, 15) is 20.0 Å². The van der Waals surface area contributed by atoms with Gasteiger partial charge in [0.05, 0.1) is 18.7 Å². The van der Waals surface area contributed by atoms with Gasteiger partial charge in [0.2, 0.25) is 0 Å². The average molecular weight is 255 g/mol. The van der Waals surface area contributed by atoms with Crippen molar-refractivity contribution in [3.8, 4) is 0 Å². The van der Waals surface area contributed by atoms with Crippen molar-refractivity contribution in [3.05, 3.63) is 27.9 Å². The molecule has 0 radical (unpaired) electrons. The molecule has 7 heteroatoms. The van der Waals surface area contributed by atoms with E-state index in [4.69, 9.17) is 0 Å². The predicted molar refractivity (Wildman–Crippen MR) is 65.3 cm³/mol. The average Bonchev–Trinajstić information content (AvgIpc) is 2.59. The van der Waals surface area contributed by atoms with Crippen LogP contribution < -0.4 is 5.32 Å².